The smallest absolute Gasteiger partial charge is 0.201 e. The van der Waals surface area contributed by atoms with Crippen molar-refractivity contribution in [2.75, 3.05) is 0 Å². The van der Waals surface area contributed by atoms with Gasteiger partial charge >= 0.3 is 0 Å². The van der Waals surface area contributed by atoms with E-state index in [4.69, 9.17) is 10.8 Å². The molecule has 0 aromatic carbocycles. The van der Waals surface area contributed by atoms with Crippen LogP contribution in [0.4, 0.5) is 0 Å². The predicted octanol–water partition coefficient (Wildman–Crippen LogP) is 5.19. The molecular formula is C27H34O3. The highest BCUT2D eigenvalue weighted by molar-refractivity contribution is 5.97. The standard InChI is InChI=1S/C27H34O3/c1-4-27(29)12-10-21-19-8-7-18-14-22-17(13-23(30-22)24(28)16-5-6-16)15-25(18,2)20(19)9-11-26(21,27)3/h1,13,16,18-21,29H,5-12,14-15H2,2-3H3/t18-,19+,20-,21-,25-,26-,27-/m0/s1. The SMILES string of the molecule is C#C[C@]1(O)CC[C@H]2[C@@H]3CC[C@H]4Cc5oc(C(=O)C6CC6)cc5C[C@]4(C)[C@H]3CC[C@@]21C. The van der Waals surface area contributed by atoms with Crippen LogP contribution in [0.1, 0.15) is 87.1 Å². The minimum atomic E-state index is -0.928. The summed E-state index contributed by atoms with van der Waals surface area (Å²) in [5.41, 5.74) is 0.491. The van der Waals surface area contributed by atoms with Crippen molar-refractivity contribution in [3.63, 3.8) is 0 Å². The molecule has 1 N–H and O–H groups in total. The van der Waals surface area contributed by atoms with Gasteiger partial charge < -0.3 is 9.52 Å². The first-order valence-electron chi connectivity index (χ1n) is 12.1. The molecule has 30 heavy (non-hydrogen) atoms. The Hall–Kier alpha value is -1.53. The second-order valence-corrected chi connectivity index (χ2v) is 11.7. The van der Waals surface area contributed by atoms with Crippen LogP contribution in [0.15, 0.2) is 10.5 Å². The van der Waals surface area contributed by atoms with Crippen LogP contribution in [0, 0.1) is 52.8 Å². The highest BCUT2D eigenvalue weighted by Gasteiger charge is 2.64. The molecule has 0 unspecified atom stereocenters. The van der Waals surface area contributed by atoms with Crippen LogP contribution in [0.25, 0.3) is 0 Å². The summed E-state index contributed by atoms with van der Waals surface area (Å²) in [6, 6.07) is 2.08. The monoisotopic (exact) mass is 406 g/mol. The zero-order chi connectivity index (χ0) is 20.9. The van der Waals surface area contributed by atoms with Gasteiger partial charge in [-0.2, -0.15) is 0 Å². The van der Waals surface area contributed by atoms with E-state index in [2.05, 4.69) is 25.8 Å². The van der Waals surface area contributed by atoms with E-state index in [9.17, 15) is 9.90 Å². The van der Waals surface area contributed by atoms with Gasteiger partial charge in [-0.3, -0.25) is 4.79 Å². The summed E-state index contributed by atoms with van der Waals surface area (Å²) in [7, 11) is 0. The molecule has 0 spiro atoms. The summed E-state index contributed by atoms with van der Waals surface area (Å²) in [6.45, 7) is 4.78. The number of terminal acetylenes is 1. The first-order chi connectivity index (χ1) is 14.3. The molecule has 3 nitrogen and oxygen atoms in total. The highest BCUT2D eigenvalue weighted by atomic mass is 16.3. The van der Waals surface area contributed by atoms with Gasteiger partial charge in [-0.15, -0.1) is 6.42 Å². The Morgan fingerprint density at radius 3 is 2.63 bits per heavy atom. The van der Waals surface area contributed by atoms with Gasteiger partial charge in [-0.05, 0) is 98.5 Å². The maximum absolute atomic E-state index is 12.6. The van der Waals surface area contributed by atoms with Gasteiger partial charge in [0.25, 0.3) is 0 Å². The first kappa shape index (κ1) is 19.2. The number of rotatable bonds is 2. The largest absolute Gasteiger partial charge is 0.458 e. The minimum absolute atomic E-state index is 0.133. The Morgan fingerprint density at radius 2 is 1.90 bits per heavy atom. The van der Waals surface area contributed by atoms with Gasteiger partial charge in [0.05, 0.1) is 0 Å². The molecule has 0 radical (unpaired) electrons. The van der Waals surface area contributed by atoms with Crippen LogP contribution in [0.2, 0.25) is 0 Å². The number of aliphatic hydroxyl groups is 1. The highest BCUT2D eigenvalue weighted by Crippen LogP contribution is 2.67. The molecule has 1 heterocycles. The second kappa shape index (κ2) is 6.04. The summed E-state index contributed by atoms with van der Waals surface area (Å²) < 4.78 is 6.12. The predicted molar refractivity (Wildman–Crippen MR) is 115 cm³/mol. The van der Waals surface area contributed by atoms with Crippen LogP contribution < -0.4 is 0 Å². The molecule has 7 atom stereocenters. The summed E-state index contributed by atoms with van der Waals surface area (Å²) in [5, 5.41) is 11.2. The third-order valence-corrected chi connectivity index (χ3v) is 10.5. The molecule has 1 aromatic heterocycles. The zero-order valence-electron chi connectivity index (χ0n) is 18.4. The van der Waals surface area contributed by atoms with E-state index < -0.39 is 5.60 Å². The first-order valence-corrected chi connectivity index (χ1v) is 12.1. The fourth-order valence-corrected chi connectivity index (χ4v) is 8.49. The van der Waals surface area contributed by atoms with E-state index in [1.807, 2.05) is 0 Å². The molecule has 1 aromatic rings. The molecule has 0 aliphatic heterocycles. The van der Waals surface area contributed by atoms with Gasteiger partial charge in [0, 0.05) is 17.8 Å². The van der Waals surface area contributed by atoms with Crippen LogP contribution in [0.3, 0.4) is 0 Å². The molecule has 3 heteroatoms. The van der Waals surface area contributed by atoms with Crippen molar-refractivity contribution < 1.29 is 14.3 Å². The molecule has 160 valence electrons. The quantitative estimate of drug-likeness (QED) is 0.543. The van der Waals surface area contributed by atoms with E-state index in [1.165, 1.54) is 18.4 Å². The molecule has 0 amide bonds. The molecule has 4 fully saturated rings. The number of carbonyl (C=O) groups excluding carboxylic acids is 1. The topological polar surface area (TPSA) is 50.4 Å². The van der Waals surface area contributed by atoms with E-state index in [-0.39, 0.29) is 22.5 Å². The molecule has 0 saturated heterocycles. The number of hydrogen-bond donors (Lipinski definition) is 1. The Kier molecular flexibility index (Phi) is 3.86. The number of Topliss-reactive ketones (excluding diaryl/α,β-unsaturated/α-hetero) is 1. The maximum atomic E-state index is 12.6. The average Bonchev–Trinajstić information content (AvgIpc) is 3.44. The summed E-state index contributed by atoms with van der Waals surface area (Å²) >= 11 is 0. The number of carbonyl (C=O) groups is 1. The average molecular weight is 407 g/mol. The van der Waals surface area contributed by atoms with Crippen molar-refractivity contribution in [3.8, 4) is 12.3 Å². The van der Waals surface area contributed by atoms with E-state index in [1.54, 1.807) is 0 Å². The Balaban J connectivity index is 1.31. The summed E-state index contributed by atoms with van der Waals surface area (Å²) in [5.74, 6) is 7.45. The fraction of sp³-hybridized carbons (Fsp3) is 0.741. The Morgan fingerprint density at radius 1 is 1.13 bits per heavy atom. The van der Waals surface area contributed by atoms with Gasteiger partial charge in [0.1, 0.15) is 11.4 Å². The minimum Gasteiger partial charge on any atom is -0.458 e. The number of furan rings is 1. The van der Waals surface area contributed by atoms with Crippen LogP contribution in [0.5, 0.6) is 0 Å². The van der Waals surface area contributed by atoms with E-state index in [0.29, 0.717) is 29.4 Å². The lowest BCUT2D eigenvalue weighted by molar-refractivity contribution is -0.128. The van der Waals surface area contributed by atoms with Crippen molar-refractivity contribution in [1.82, 2.24) is 0 Å². The van der Waals surface area contributed by atoms with Crippen LogP contribution in [-0.2, 0) is 12.8 Å². The molecule has 4 saturated carbocycles. The molecule has 5 aliphatic rings. The van der Waals surface area contributed by atoms with Crippen LogP contribution in [-0.4, -0.2) is 16.5 Å². The van der Waals surface area contributed by atoms with Crippen molar-refractivity contribution >= 4 is 5.78 Å². The lowest BCUT2D eigenvalue weighted by Crippen LogP contribution is -2.56. The lowest BCUT2D eigenvalue weighted by atomic mass is 9.44. The number of fused-ring (bicyclic) bond motifs is 6. The van der Waals surface area contributed by atoms with Crippen molar-refractivity contribution in [1.29, 1.82) is 0 Å². The Labute approximate surface area is 180 Å². The van der Waals surface area contributed by atoms with Gasteiger partial charge in [-0.25, -0.2) is 0 Å². The van der Waals surface area contributed by atoms with Gasteiger partial charge in [-0.1, -0.05) is 19.8 Å². The number of hydrogen-bond acceptors (Lipinski definition) is 3. The van der Waals surface area contributed by atoms with Gasteiger partial charge in [0.15, 0.2) is 5.76 Å². The summed E-state index contributed by atoms with van der Waals surface area (Å²) in [6.07, 6.45) is 16.4. The fourth-order valence-electron chi connectivity index (χ4n) is 8.49. The lowest BCUT2D eigenvalue weighted by Gasteiger charge is -2.60. The third-order valence-electron chi connectivity index (χ3n) is 10.5. The number of ketones is 1. The van der Waals surface area contributed by atoms with Crippen molar-refractivity contribution in [3.05, 3.63) is 23.2 Å². The maximum Gasteiger partial charge on any atom is 0.201 e. The normalized spacial score (nSPS) is 46.9. The third kappa shape index (κ3) is 2.35. The second-order valence-electron chi connectivity index (χ2n) is 11.7. The van der Waals surface area contributed by atoms with E-state index in [0.717, 1.165) is 57.1 Å². The Bertz CT molecular complexity index is 948. The molecule has 5 aliphatic carbocycles. The van der Waals surface area contributed by atoms with Crippen LogP contribution >= 0.6 is 0 Å². The molecule has 0 bridgehead atoms. The van der Waals surface area contributed by atoms with E-state index >= 15 is 0 Å². The van der Waals surface area contributed by atoms with Gasteiger partial charge in [0.2, 0.25) is 5.78 Å². The van der Waals surface area contributed by atoms with Crippen molar-refractivity contribution in [2.45, 2.75) is 83.7 Å². The summed E-state index contributed by atoms with van der Waals surface area (Å²) in [4.78, 5) is 12.6. The molecule has 6 rings (SSSR count). The zero-order valence-corrected chi connectivity index (χ0v) is 18.4. The molecular weight excluding hydrogens is 372 g/mol. The van der Waals surface area contributed by atoms with Crippen molar-refractivity contribution in [2.24, 2.45) is 40.4 Å².